The lowest BCUT2D eigenvalue weighted by atomic mass is 9.97. The van der Waals surface area contributed by atoms with Crippen LogP contribution in [0.25, 0.3) is 0 Å². The van der Waals surface area contributed by atoms with Crippen LogP contribution in [0.2, 0.25) is 0 Å². The Bertz CT molecular complexity index is 358. The van der Waals surface area contributed by atoms with Crippen LogP contribution >= 0.6 is 0 Å². The van der Waals surface area contributed by atoms with Gasteiger partial charge in [-0.15, -0.1) is 0 Å². The van der Waals surface area contributed by atoms with Gasteiger partial charge in [-0.3, -0.25) is 0 Å². The van der Waals surface area contributed by atoms with E-state index in [0.717, 1.165) is 25.7 Å². The van der Waals surface area contributed by atoms with E-state index >= 15 is 0 Å². The van der Waals surface area contributed by atoms with E-state index in [-0.39, 0.29) is 5.57 Å². The van der Waals surface area contributed by atoms with Crippen LogP contribution in [-0.4, -0.2) is 37.9 Å². The van der Waals surface area contributed by atoms with E-state index < -0.39 is 17.5 Å². The van der Waals surface area contributed by atoms with E-state index in [1.807, 2.05) is 13.8 Å². The van der Waals surface area contributed by atoms with Crippen LogP contribution in [0.1, 0.15) is 53.4 Å². The Kier molecular flexibility index (Phi) is 9.71. The fourth-order valence-corrected chi connectivity index (χ4v) is 1.45. The second-order valence-corrected chi connectivity index (χ2v) is 5.28. The lowest BCUT2D eigenvalue weighted by Gasteiger charge is -2.25. The highest BCUT2D eigenvalue weighted by molar-refractivity contribution is 5.97. The van der Waals surface area contributed by atoms with Gasteiger partial charge in [0.05, 0.1) is 24.4 Å². The van der Waals surface area contributed by atoms with Gasteiger partial charge in [-0.2, -0.15) is 0 Å². The molecule has 5 heteroatoms. The Labute approximate surface area is 127 Å². The van der Waals surface area contributed by atoms with Gasteiger partial charge >= 0.3 is 11.9 Å². The lowest BCUT2D eigenvalue weighted by Crippen LogP contribution is -2.32. The SMILES string of the molecule is CCCCOC(=O)/C=C(\C(=O)OCCCC)C(C)(C)OC. The number of methoxy groups -OCH3 is 1. The van der Waals surface area contributed by atoms with Gasteiger partial charge in [-0.1, -0.05) is 26.7 Å². The number of unbranched alkanes of at least 4 members (excludes halogenated alkanes) is 2. The van der Waals surface area contributed by atoms with Crippen molar-refractivity contribution in [3.8, 4) is 0 Å². The molecule has 0 radical (unpaired) electrons. The first kappa shape index (κ1) is 19.6. The molecule has 0 rings (SSSR count). The molecule has 0 aromatic rings. The maximum absolute atomic E-state index is 12.1. The molecule has 0 bridgehead atoms. The zero-order valence-corrected chi connectivity index (χ0v) is 13.9. The lowest BCUT2D eigenvalue weighted by molar-refractivity contribution is -0.144. The van der Waals surface area contributed by atoms with Crippen molar-refractivity contribution in [2.75, 3.05) is 20.3 Å². The molecular weight excluding hydrogens is 272 g/mol. The first-order chi connectivity index (χ1) is 9.88. The normalized spacial score (nSPS) is 12.1. The van der Waals surface area contributed by atoms with Crippen LogP contribution in [0.4, 0.5) is 0 Å². The van der Waals surface area contributed by atoms with Crippen molar-refractivity contribution in [1.29, 1.82) is 0 Å². The Hall–Kier alpha value is -1.36. The molecule has 0 atom stereocenters. The first-order valence-corrected chi connectivity index (χ1v) is 7.50. The zero-order valence-electron chi connectivity index (χ0n) is 13.9. The molecule has 0 heterocycles. The number of hydrogen-bond donors (Lipinski definition) is 0. The van der Waals surface area contributed by atoms with Gasteiger partial charge in [-0.05, 0) is 26.7 Å². The van der Waals surface area contributed by atoms with Crippen LogP contribution in [0.15, 0.2) is 11.6 Å². The van der Waals surface area contributed by atoms with Crippen molar-refractivity contribution < 1.29 is 23.8 Å². The Morgan fingerprint density at radius 2 is 1.52 bits per heavy atom. The fraction of sp³-hybridized carbons (Fsp3) is 0.750. The Morgan fingerprint density at radius 3 is 2.00 bits per heavy atom. The van der Waals surface area contributed by atoms with Gasteiger partial charge in [0.1, 0.15) is 0 Å². The minimum absolute atomic E-state index is 0.169. The molecule has 0 N–H and O–H groups in total. The average Bonchev–Trinajstić information content (AvgIpc) is 2.45. The van der Waals surface area contributed by atoms with Crippen molar-refractivity contribution >= 4 is 11.9 Å². The third-order valence-corrected chi connectivity index (χ3v) is 3.11. The molecule has 0 amide bonds. The molecule has 0 unspecified atom stereocenters. The predicted molar refractivity (Wildman–Crippen MR) is 80.9 cm³/mol. The number of hydrogen-bond acceptors (Lipinski definition) is 5. The van der Waals surface area contributed by atoms with Crippen molar-refractivity contribution in [3.05, 3.63) is 11.6 Å². The van der Waals surface area contributed by atoms with Crippen LogP contribution in [-0.2, 0) is 23.8 Å². The highest BCUT2D eigenvalue weighted by Gasteiger charge is 2.31. The van der Waals surface area contributed by atoms with Crippen LogP contribution in [0.3, 0.4) is 0 Å². The number of carbonyl (C=O) groups is 2. The maximum Gasteiger partial charge on any atom is 0.337 e. The third kappa shape index (κ3) is 7.85. The molecule has 5 nitrogen and oxygen atoms in total. The molecule has 0 aliphatic rings. The summed E-state index contributed by atoms with van der Waals surface area (Å²) in [7, 11) is 1.48. The standard InChI is InChI=1S/C16H28O5/c1-6-8-10-20-14(17)12-13(16(3,4)19-5)15(18)21-11-9-7-2/h12H,6-11H2,1-5H3/b13-12+. The van der Waals surface area contributed by atoms with Gasteiger partial charge < -0.3 is 14.2 Å². The topological polar surface area (TPSA) is 61.8 Å². The summed E-state index contributed by atoms with van der Waals surface area (Å²) < 4.78 is 15.5. The highest BCUT2D eigenvalue weighted by Crippen LogP contribution is 2.21. The van der Waals surface area contributed by atoms with Crippen LogP contribution in [0.5, 0.6) is 0 Å². The Morgan fingerprint density at radius 1 is 1.00 bits per heavy atom. The average molecular weight is 300 g/mol. The van der Waals surface area contributed by atoms with E-state index in [1.165, 1.54) is 13.2 Å². The molecule has 0 aromatic carbocycles. The van der Waals surface area contributed by atoms with Gasteiger partial charge in [0, 0.05) is 13.2 Å². The summed E-state index contributed by atoms with van der Waals surface area (Å²) >= 11 is 0. The summed E-state index contributed by atoms with van der Waals surface area (Å²) in [6.07, 6.45) is 4.62. The molecule has 0 aliphatic carbocycles. The highest BCUT2D eigenvalue weighted by atomic mass is 16.5. The van der Waals surface area contributed by atoms with Crippen LogP contribution < -0.4 is 0 Å². The summed E-state index contributed by atoms with van der Waals surface area (Å²) in [5, 5.41) is 0. The second kappa shape index (κ2) is 10.4. The molecule has 0 aromatic heterocycles. The maximum atomic E-state index is 12.1. The largest absolute Gasteiger partial charge is 0.463 e. The van der Waals surface area contributed by atoms with Crippen molar-refractivity contribution in [2.24, 2.45) is 0 Å². The van der Waals surface area contributed by atoms with Gasteiger partial charge in [-0.25, -0.2) is 9.59 Å². The number of carbonyl (C=O) groups excluding carboxylic acids is 2. The fourth-order valence-electron chi connectivity index (χ4n) is 1.45. The van der Waals surface area contributed by atoms with Gasteiger partial charge in [0.2, 0.25) is 0 Å². The minimum Gasteiger partial charge on any atom is -0.463 e. The molecule has 0 saturated carbocycles. The van der Waals surface area contributed by atoms with Gasteiger partial charge in [0.15, 0.2) is 0 Å². The van der Waals surface area contributed by atoms with E-state index in [2.05, 4.69) is 0 Å². The molecular formula is C16H28O5. The summed E-state index contributed by atoms with van der Waals surface area (Å²) in [4.78, 5) is 23.9. The molecule has 0 spiro atoms. The third-order valence-electron chi connectivity index (χ3n) is 3.11. The molecule has 0 aliphatic heterocycles. The number of esters is 2. The molecule has 0 fully saturated rings. The van der Waals surface area contributed by atoms with E-state index in [4.69, 9.17) is 14.2 Å². The second-order valence-electron chi connectivity index (χ2n) is 5.28. The van der Waals surface area contributed by atoms with Crippen molar-refractivity contribution in [3.63, 3.8) is 0 Å². The molecule has 122 valence electrons. The monoisotopic (exact) mass is 300 g/mol. The quantitative estimate of drug-likeness (QED) is 0.352. The van der Waals surface area contributed by atoms with Crippen molar-refractivity contribution in [1.82, 2.24) is 0 Å². The number of rotatable bonds is 10. The first-order valence-electron chi connectivity index (χ1n) is 7.50. The van der Waals surface area contributed by atoms with E-state index in [1.54, 1.807) is 13.8 Å². The van der Waals surface area contributed by atoms with E-state index in [0.29, 0.717) is 13.2 Å². The molecule has 0 saturated heterocycles. The minimum atomic E-state index is -0.910. The smallest absolute Gasteiger partial charge is 0.337 e. The van der Waals surface area contributed by atoms with Crippen molar-refractivity contribution in [2.45, 2.75) is 59.0 Å². The Balaban J connectivity index is 4.88. The van der Waals surface area contributed by atoms with Gasteiger partial charge in [0.25, 0.3) is 0 Å². The number of ether oxygens (including phenoxy) is 3. The zero-order chi connectivity index (χ0) is 16.3. The van der Waals surface area contributed by atoms with E-state index in [9.17, 15) is 9.59 Å². The predicted octanol–water partition coefficient (Wildman–Crippen LogP) is 3.02. The molecule has 21 heavy (non-hydrogen) atoms. The summed E-state index contributed by atoms with van der Waals surface area (Å²) in [5.41, 5.74) is -0.741. The summed E-state index contributed by atoms with van der Waals surface area (Å²) in [6.45, 7) is 8.11. The van der Waals surface area contributed by atoms with Crippen LogP contribution in [0, 0.1) is 0 Å². The summed E-state index contributed by atoms with van der Waals surface area (Å²) in [5.74, 6) is -1.08. The summed E-state index contributed by atoms with van der Waals surface area (Å²) in [6, 6.07) is 0.